The van der Waals surface area contributed by atoms with E-state index in [2.05, 4.69) is 5.32 Å². The fourth-order valence-electron chi connectivity index (χ4n) is 1.06. The number of carbonyl (C=O) groups excluding carboxylic acids is 2. The van der Waals surface area contributed by atoms with Crippen molar-refractivity contribution in [2.75, 3.05) is 6.54 Å². The van der Waals surface area contributed by atoms with Crippen LogP contribution in [-0.4, -0.2) is 29.6 Å². The summed E-state index contributed by atoms with van der Waals surface area (Å²) in [5, 5.41) is 11.2. The van der Waals surface area contributed by atoms with E-state index in [0.29, 0.717) is 0 Å². The first kappa shape index (κ1) is 13.4. The molecule has 0 aliphatic rings. The highest BCUT2D eigenvalue weighted by molar-refractivity contribution is 6.33. The van der Waals surface area contributed by atoms with E-state index in [1.54, 1.807) is 0 Å². The predicted molar refractivity (Wildman–Crippen MR) is 58.9 cm³/mol. The van der Waals surface area contributed by atoms with Crippen molar-refractivity contribution >= 4 is 23.4 Å². The van der Waals surface area contributed by atoms with Gasteiger partial charge in [0.15, 0.2) is 0 Å². The van der Waals surface area contributed by atoms with Crippen LogP contribution in [0, 0.1) is 5.82 Å². The first-order chi connectivity index (χ1) is 7.91. The number of aliphatic hydroxyl groups is 1. The fourth-order valence-corrected chi connectivity index (χ4v) is 1.31. The lowest BCUT2D eigenvalue weighted by atomic mass is 10.2. The number of hydrogen-bond donors (Lipinski definition) is 3. The van der Waals surface area contributed by atoms with Crippen LogP contribution in [0.25, 0.3) is 0 Å². The van der Waals surface area contributed by atoms with Crippen LogP contribution in [0.15, 0.2) is 18.2 Å². The van der Waals surface area contributed by atoms with Gasteiger partial charge < -0.3 is 16.2 Å². The summed E-state index contributed by atoms with van der Waals surface area (Å²) in [4.78, 5) is 22.0. The maximum Gasteiger partial charge on any atom is 0.252 e. The molecular formula is C10H10ClFN2O3. The second-order valence-corrected chi connectivity index (χ2v) is 3.66. The van der Waals surface area contributed by atoms with Gasteiger partial charge in [-0.25, -0.2) is 4.39 Å². The van der Waals surface area contributed by atoms with Crippen LogP contribution in [0.1, 0.15) is 10.4 Å². The van der Waals surface area contributed by atoms with Crippen molar-refractivity contribution in [2.45, 2.75) is 6.10 Å². The molecule has 1 aromatic carbocycles. The van der Waals surface area contributed by atoms with Gasteiger partial charge in [-0.05, 0) is 18.2 Å². The summed E-state index contributed by atoms with van der Waals surface area (Å²) in [5.41, 5.74) is 4.84. The zero-order chi connectivity index (χ0) is 13.0. The molecule has 0 fully saturated rings. The molecule has 1 atom stereocenters. The number of rotatable bonds is 4. The average molecular weight is 261 g/mol. The Morgan fingerprint density at radius 1 is 1.53 bits per heavy atom. The van der Waals surface area contributed by atoms with E-state index < -0.39 is 23.7 Å². The lowest BCUT2D eigenvalue weighted by molar-refractivity contribution is -0.125. The van der Waals surface area contributed by atoms with Crippen molar-refractivity contribution in [3.63, 3.8) is 0 Å². The van der Waals surface area contributed by atoms with Crippen LogP contribution in [0.3, 0.4) is 0 Å². The number of nitrogens with two attached hydrogens (primary N) is 1. The topological polar surface area (TPSA) is 92.4 Å². The molecule has 17 heavy (non-hydrogen) atoms. The second-order valence-electron chi connectivity index (χ2n) is 3.25. The highest BCUT2D eigenvalue weighted by Crippen LogP contribution is 2.16. The van der Waals surface area contributed by atoms with Crippen molar-refractivity contribution in [1.82, 2.24) is 5.32 Å². The number of aliphatic hydroxyl groups excluding tert-OH is 1. The van der Waals surface area contributed by atoms with Crippen LogP contribution >= 0.6 is 11.6 Å². The summed E-state index contributed by atoms with van der Waals surface area (Å²) in [6.07, 6.45) is -1.47. The van der Waals surface area contributed by atoms with Crippen molar-refractivity contribution in [3.8, 4) is 0 Å². The number of primary amides is 1. The monoisotopic (exact) mass is 260 g/mol. The Labute approximate surface area is 101 Å². The molecule has 0 radical (unpaired) electrons. The van der Waals surface area contributed by atoms with Crippen LogP contribution < -0.4 is 11.1 Å². The molecule has 0 saturated carbocycles. The van der Waals surface area contributed by atoms with E-state index in [0.717, 1.165) is 12.1 Å². The molecule has 92 valence electrons. The number of halogens is 2. The van der Waals surface area contributed by atoms with Gasteiger partial charge in [-0.3, -0.25) is 9.59 Å². The summed E-state index contributed by atoms with van der Waals surface area (Å²) in [5.74, 6) is -2.14. The van der Waals surface area contributed by atoms with Crippen LogP contribution in [0.2, 0.25) is 5.02 Å². The highest BCUT2D eigenvalue weighted by Gasteiger charge is 2.15. The van der Waals surface area contributed by atoms with E-state index in [-0.39, 0.29) is 17.1 Å². The normalized spacial score (nSPS) is 11.9. The van der Waals surface area contributed by atoms with E-state index in [1.165, 1.54) is 6.07 Å². The van der Waals surface area contributed by atoms with Crippen LogP contribution in [-0.2, 0) is 4.79 Å². The van der Waals surface area contributed by atoms with E-state index in [1.807, 2.05) is 0 Å². The van der Waals surface area contributed by atoms with Gasteiger partial charge in [-0.1, -0.05) is 11.6 Å². The molecule has 0 aliphatic heterocycles. The molecule has 0 saturated heterocycles. The van der Waals surface area contributed by atoms with E-state index >= 15 is 0 Å². The van der Waals surface area contributed by atoms with Gasteiger partial charge in [0.1, 0.15) is 11.9 Å². The Morgan fingerprint density at radius 2 is 2.18 bits per heavy atom. The SMILES string of the molecule is NC(=O)C(O)CNC(=O)c1ccc(F)cc1Cl. The zero-order valence-corrected chi connectivity index (χ0v) is 9.37. The minimum atomic E-state index is -1.47. The molecule has 0 aromatic heterocycles. The second kappa shape index (κ2) is 5.60. The van der Waals surface area contributed by atoms with Gasteiger partial charge in [0.25, 0.3) is 5.91 Å². The van der Waals surface area contributed by atoms with Gasteiger partial charge >= 0.3 is 0 Å². The maximum atomic E-state index is 12.7. The number of nitrogens with one attached hydrogen (secondary N) is 1. The molecular weight excluding hydrogens is 251 g/mol. The molecule has 2 amide bonds. The van der Waals surface area contributed by atoms with Crippen LogP contribution in [0.4, 0.5) is 4.39 Å². The fraction of sp³-hybridized carbons (Fsp3) is 0.200. The average Bonchev–Trinajstić information content (AvgIpc) is 2.25. The van der Waals surface area contributed by atoms with E-state index in [9.17, 15) is 14.0 Å². The van der Waals surface area contributed by atoms with Gasteiger partial charge in [-0.15, -0.1) is 0 Å². The predicted octanol–water partition coefficient (Wildman–Crippen LogP) is 0.0551. The van der Waals surface area contributed by atoms with Crippen molar-refractivity contribution in [3.05, 3.63) is 34.6 Å². The Balaban J connectivity index is 2.67. The summed E-state index contributed by atoms with van der Waals surface area (Å²) >= 11 is 5.65. The zero-order valence-electron chi connectivity index (χ0n) is 8.61. The van der Waals surface area contributed by atoms with Crippen LogP contribution in [0.5, 0.6) is 0 Å². The van der Waals surface area contributed by atoms with Crippen molar-refractivity contribution in [2.24, 2.45) is 5.73 Å². The van der Waals surface area contributed by atoms with Gasteiger partial charge in [0.05, 0.1) is 17.1 Å². The van der Waals surface area contributed by atoms with Gasteiger partial charge in [0.2, 0.25) is 5.91 Å². The smallest absolute Gasteiger partial charge is 0.252 e. The van der Waals surface area contributed by atoms with E-state index in [4.69, 9.17) is 22.4 Å². The summed E-state index contributed by atoms with van der Waals surface area (Å²) in [6.45, 7) is -0.331. The largest absolute Gasteiger partial charge is 0.381 e. The molecule has 4 N–H and O–H groups in total. The quantitative estimate of drug-likeness (QED) is 0.714. The Hall–Kier alpha value is -1.66. The standard InChI is InChI=1S/C10H10ClFN2O3/c11-7-3-5(12)1-2-6(7)10(17)14-4-8(15)9(13)16/h1-3,8,15H,4H2,(H2,13,16)(H,14,17). The number of amides is 2. The molecule has 0 aliphatic carbocycles. The minimum Gasteiger partial charge on any atom is -0.381 e. The number of carbonyl (C=O) groups is 2. The first-order valence-electron chi connectivity index (χ1n) is 4.62. The first-order valence-corrected chi connectivity index (χ1v) is 5.00. The minimum absolute atomic E-state index is 0.0461. The molecule has 1 aromatic rings. The Morgan fingerprint density at radius 3 is 2.71 bits per heavy atom. The summed E-state index contributed by atoms with van der Waals surface area (Å²) < 4.78 is 12.7. The molecule has 0 heterocycles. The Bertz CT molecular complexity index is 453. The molecule has 7 heteroatoms. The molecule has 5 nitrogen and oxygen atoms in total. The third kappa shape index (κ3) is 3.69. The van der Waals surface area contributed by atoms with Gasteiger partial charge in [-0.2, -0.15) is 0 Å². The number of benzene rings is 1. The molecule has 0 bridgehead atoms. The molecule has 0 spiro atoms. The lowest BCUT2D eigenvalue weighted by Gasteiger charge is -2.09. The van der Waals surface area contributed by atoms with Crippen molar-refractivity contribution in [1.29, 1.82) is 0 Å². The van der Waals surface area contributed by atoms with Crippen molar-refractivity contribution < 1.29 is 19.1 Å². The molecule has 1 rings (SSSR count). The van der Waals surface area contributed by atoms with Gasteiger partial charge in [0, 0.05) is 0 Å². The lowest BCUT2D eigenvalue weighted by Crippen LogP contribution is -2.40. The Kier molecular flexibility index (Phi) is 4.42. The summed E-state index contributed by atoms with van der Waals surface area (Å²) in [6, 6.07) is 3.26. The maximum absolute atomic E-state index is 12.7. The number of hydrogen-bond acceptors (Lipinski definition) is 3. The summed E-state index contributed by atoms with van der Waals surface area (Å²) in [7, 11) is 0. The molecule has 1 unspecified atom stereocenters. The highest BCUT2D eigenvalue weighted by atomic mass is 35.5. The third-order valence-electron chi connectivity index (χ3n) is 1.96. The third-order valence-corrected chi connectivity index (χ3v) is 2.27.